The van der Waals surface area contributed by atoms with Crippen molar-refractivity contribution in [3.05, 3.63) is 23.8 Å². The van der Waals surface area contributed by atoms with E-state index < -0.39 is 18.0 Å². The number of hydrogen-bond donors (Lipinski definition) is 1. The Kier molecular flexibility index (Phi) is 6.89. The molecular weight excluding hydrogens is 224 g/mol. The maximum absolute atomic E-state index is 11.1. The fraction of sp³-hybridized carbons (Fsp3) is 0.500. The number of aliphatic hydroxyl groups is 1. The maximum atomic E-state index is 11.1. The third-order valence-electron chi connectivity index (χ3n) is 2.07. The Morgan fingerprint density at radius 2 is 1.59 bits per heavy atom. The van der Waals surface area contributed by atoms with Gasteiger partial charge in [-0.05, 0) is 17.6 Å². The van der Waals surface area contributed by atoms with Crippen LogP contribution in [0, 0.1) is 5.92 Å². The molecule has 0 fully saturated rings. The van der Waals surface area contributed by atoms with Crippen molar-refractivity contribution in [2.75, 3.05) is 14.2 Å². The van der Waals surface area contributed by atoms with Crippen LogP contribution in [-0.2, 0) is 19.1 Å². The molecule has 17 heavy (non-hydrogen) atoms. The molecule has 1 unspecified atom stereocenters. The van der Waals surface area contributed by atoms with Gasteiger partial charge in [-0.25, -0.2) is 9.59 Å². The Bertz CT molecular complexity index is 328. The molecule has 0 spiro atoms. The lowest BCUT2D eigenvalue weighted by Crippen LogP contribution is -2.18. The molecule has 0 aromatic heterocycles. The largest absolute Gasteiger partial charge is 0.466 e. The number of hydrogen-bond acceptors (Lipinski definition) is 5. The Morgan fingerprint density at radius 3 is 2.00 bits per heavy atom. The van der Waals surface area contributed by atoms with E-state index in [4.69, 9.17) is 0 Å². The zero-order chi connectivity index (χ0) is 13.4. The van der Waals surface area contributed by atoms with Gasteiger partial charge in [-0.15, -0.1) is 0 Å². The lowest BCUT2D eigenvalue weighted by molar-refractivity contribution is -0.135. The smallest absolute Gasteiger partial charge is 0.330 e. The van der Waals surface area contributed by atoms with Crippen molar-refractivity contribution in [3.63, 3.8) is 0 Å². The molecule has 0 aliphatic rings. The molecule has 1 atom stereocenters. The Labute approximate surface area is 101 Å². The van der Waals surface area contributed by atoms with Crippen LogP contribution in [-0.4, -0.2) is 37.4 Å². The van der Waals surface area contributed by atoms with Gasteiger partial charge in [0.05, 0.1) is 20.3 Å². The standard InChI is InChI=1S/C12H18O5/c1-8(2)12(15)9(7-11(14)17-4)5-6-10(13)16-3/h5-8,12,15H,1-4H3/b6-5+,9-7-. The average molecular weight is 242 g/mol. The summed E-state index contributed by atoms with van der Waals surface area (Å²) in [5.41, 5.74) is 0.303. The van der Waals surface area contributed by atoms with Crippen LogP contribution in [0.25, 0.3) is 0 Å². The van der Waals surface area contributed by atoms with Gasteiger partial charge < -0.3 is 14.6 Å². The normalized spacial score (nSPS) is 13.9. The highest BCUT2D eigenvalue weighted by Gasteiger charge is 2.14. The quantitative estimate of drug-likeness (QED) is 0.439. The minimum absolute atomic E-state index is 0.0896. The highest BCUT2D eigenvalue weighted by atomic mass is 16.5. The minimum atomic E-state index is -0.852. The number of aliphatic hydroxyl groups excluding tert-OH is 1. The summed E-state index contributed by atoms with van der Waals surface area (Å²) in [6.45, 7) is 3.59. The van der Waals surface area contributed by atoms with Gasteiger partial charge in [-0.3, -0.25) is 0 Å². The van der Waals surface area contributed by atoms with Crippen LogP contribution in [0.3, 0.4) is 0 Å². The second-order valence-corrected chi connectivity index (χ2v) is 3.71. The predicted octanol–water partition coefficient (Wildman–Crippen LogP) is 0.832. The van der Waals surface area contributed by atoms with Crippen LogP contribution in [0.2, 0.25) is 0 Å². The van der Waals surface area contributed by atoms with Gasteiger partial charge >= 0.3 is 11.9 Å². The van der Waals surface area contributed by atoms with Crippen LogP contribution in [0.5, 0.6) is 0 Å². The maximum Gasteiger partial charge on any atom is 0.330 e. The first-order valence-corrected chi connectivity index (χ1v) is 5.16. The molecule has 0 bridgehead atoms. The first-order chi connectivity index (χ1) is 7.92. The molecule has 0 aliphatic carbocycles. The Morgan fingerprint density at radius 1 is 1.06 bits per heavy atom. The number of methoxy groups -OCH3 is 2. The summed E-state index contributed by atoms with van der Waals surface area (Å²) < 4.78 is 8.89. The molecule has 0 aliphatic heterocycles. The summed E-state index contributed by atoms with van der Waals surface area (Å²) in [6.07, 6.45) is 2.77. The van der Waals surface area contributed by atoms with Gasteiger partial charge in [0.25, 0.3) is 0 Å². The van der Waals surface area contributed by atoms with E-state index in [0.29, 0.717) is 5.57 Å². The zero-order valence-corrected chi connectivity index (χ0v) is 10.5. The lowest BCUT2D eigenvalue weighted by Gasteiger charge is -2.15. The molecule has 5 heteroatoms. The first kappa shape index (κ1) is 15.4. The molecule has 0 amide bonds. The van der Waals surface area contributed by atoms with E-state index in [1.165, 1.54) is 20.3 Å². The monoisotopic (exact) mass is 242 g/mol. The van der Waals surface area contributed by atoms with Gasteiger partial charge in [-0.1, -0.05) is 13.8 Å². The van der Waals surface area contributed by atoms with Crippen LogP contribution in [0.1, 0.15) is 13.8 Å². The third kappa shape index (κ3) is 5.87. The molecule has 0 saturated heterocycles. The molecular formula is C12H18O5. The van der Waals surface area contributed by atoms with Crippen molar-refractivity contribution >= 4 is 11.9 Å². The SMILES string of the molecule is COC(=O)/C=C(/C=C/C(=O)OC)C(O)C(C)C. The number of ether oxygens (including phenoxy) is 2. The summed E-state index contributed by atoms with van der Waals surface area (Å²) in [5.74, 6) is -1.24. The van der Waals surface area contributed by atoms with Gasteiger partial charge in [0.2, 0.25) is 0 Å². The van der Waals surface area contributed by atoms with Crippen molar-refractivity contribution in [1.29, 1.82) is 0 Å². The van der Waals surface area contributed by atoms with Gasteiger partial charge in [0, 0.05) is 12.2 Å². The Balaban J connectivity index is 4.99. The van der Waals surface area contributed by atoms with Crippen LogP contribution < -0.4 is 0 Å². The predicted molar refractivity (Wildman–Crippen MR) is 62.1 cm³/mol. The summed E-state index contributed by atoms with van der Waals surface area (Å²) >= 11 is 0. The molecule has 5 nitrogen and oxygen atoms in total. The van der Waals surface area contributed by atoms with Gasteiger partial charge in [0.1, 0.15) is 0 Å². The fourth-order valence-corrected chi connectivity index (χ4v) is 1.04. The molecule has 0 aromatic carbocycles. The molecule has 0 saturated carbocycles. The van der Waals surface area contributed by atoms with E-state index in [9.17, 15) is 14.7 Å². The second kappa shape index (κ2) is 7.62. The molecule has 96 valence electrons. The number of esters is 2. The molecule has 0 rings (SSSR count). The zero-order valence-electron chi connectivity index (χ0n) is 10.5. The molecule has 0 heterocycles. The summed E-state index contributed by atoms with van der Waals surface area (Å²) in [6, 6.07) is 0. The van der Waals surface area contributed by atoms with E-state index in [2.05, 4.69) is 9.47 Å². The van der Waals surface area contributed by atoms with Crippen molar-refractivity contribution in [3.8, 4) is 0 Å². The summed E-state index contributed by atoms with van der Waals surface area (Å²) in [7, 11) is 2.48. The van der Waals surface area contributed by atoms with Crippen molar-refractivity contribution in [1.82, 2.24) is 0 Å². The summed E-state index contributed by atoms with van der Waals surface area (Å²) in [4.78, 5) is 22.0. The lowest BCUT2D eigenvalue weighted by atomic mass is 9.98. The van der Waals surface area contributed by atoms with Crippen LogP contribution in [0.4, 0.5) is 0 Å². The Hall–Kier alpha value is -1.62. The summed E-state index contributed by atoms with van der Waals surface area (Å²) in [5, 5.41) is 9.84. The average Bonchev–Trinajstić information content (AvgIpc) is 2.32. The molecule has 0 radical (unpaired) electrons. The number of carbonyl (C=O) groups excluding carboxylic acids is 2. The van der Waals surface area contributed by atoms with E-state index >= 15 is 0 Å². The second-order valence-electron chi connectivity index (χ2n) is 3.71. The molecule has 1 N–H and O–H groups in total. The van der Waals surface area contributed by atoms with Crippen molar-refractivity contribution < 1.29 is 24.2 Å². The molecule has 0 aromatic rings. The van der Waals surface area contributed by atoms with E-state index in [1.54, 1.807) is 13.8 Å². The third-order valence-corrected chi connectivity index (χ3v) is 2.07. The van der Waals surface area contributed by atoms with E-state index in [1.807, 2.05) is 0 Å². The van der Waals surface area contributed by atoms with Crippen molar-refractivity contribution in [2.45, 2.75) is 20.0 Å². The minimum Gasteiger partial charge on any atom is -0.466 e. The highest BCUT2D eigenvalue weighted by Crippen LogP contribution is 2.13. The van der Waals surface area contributed by atoms with E-state index in [-0.39, 0.29) is 5.92 Å². The van der Waals surface area contributed by atoms with Crippen molar-refractivity contribution in [2.24, 2.45) is 5.92 Å². The van der Waals surface area contributed by atoms with Crippen LogP contribution in [0.15, 0.2) is 23.8 Å². The number of rotatable bonds is 5. The van der Waals surface area contributed by atoms with Gasteiger partial charge in [-0.2, -0.15) is 0 Å². The van der Waals surface area contributed by atoms with Gasteiger partial charge in [0.15, 0.2) is 0 Å². The first-order valence-electron chi connectivity index (χ1n) is 5.16. The highest BCUT2D eigenvalue weighted by molar-refractivity contribution is 5.85. The van der Waals surface area contributed by atoms with E-state index in [0.717, 1.165) is 12.2 Å². The van der Waals surface area contributed by atoms with Crippen LogP contribution >= 0.6 is 0 Å². The fourth-order valence-electron chi connectivity index (χ4n) is 1.04. The topological polar surface area (TPSA) is 72.8 Å². The number of carbonyl (C=O) groups is 2.